The molecule has 0 aliphatic carbocycles. The van der Waals surface area contributed by atoms with Crippen LogP contribution in [0.3, 0.4) is 0 Å². The number of rotatable bonds is 4. The second kappa shape index (κ2) is 4.82. The number of nitrogens with one attached hydrogen (secondary N) is 1. The highest BCUT2D eigenvalue weighted by molar-refractivity contribution is 5.08. The van der Waals surface area contributed by atoms with Crippen LogP contribution in [0.4, 0.5) is 0 Å². The Labute approximate surface area is 66.1 Å². The maximum atomic E-state index is 8.42. The van der Waals surface area contributed by atoms with Gasteiger partial charge in [-0.15, -0.1) is 0 Å². The summed E-state index contributed by atoms with van der Waals surface area (Å²) in [5.41, 5.74) is 1.19. The molecule has 2 N–H and O–H groups in total. The Hall–Kier alpha value is -0.930. The predicted octanol–water partition coefficient (Wildman–Crippen LogP) is 0.163. The molecular weight excluding hydrogens is 140 g/mol. The van der Waals surface area contributed by atoms with Crippen molar-refractivity contribution in [3.8, 4) is 0 Å². The Kier molecular flexibility index (Phi) is 3.58. The zero-order chi connectivity index (χ0) is 7.94. The van der Waals surface area contributed by atoms with E-state index in [2.05, 4.69) is 10.3 Å². The third-order valence-corrected chi connectivity index (χ3v) is 1.43. The van der Waals surface area contributed by atoms with Gasteiger partial charge in [0.15, 0.2) is 0 Å². The minimum atomic E-state index is 0.0419. The van der Waals surface area contributed by atoms with Gasteiger partial charge in [-0.05, 0) is 18.1 Å². The fourth-order valence-corrected chi connectivity index (χ4v) is 0.858. The van der Waals surface area contributed by atoms with Gasteiger partial charge in [-0.3, -0.25) is 10.3 Å². The van der Waals surface area contributed by atoms with Crippen molar-refractivity contribution < 1.29 is 5.11 Å². The normalized spacial score (nSPS) is 9.91. The lowest BCUT2D eigenvalue weighted by Gasteiger charge is -1.99. The van der Waals surface area contributed by atoms with Crippen LogP contribution in [0.5, 0.6) is 0 Å². The third-order valence-electron chi connectivity index (χ3n) is 1.43. The monoisotopic (exact) mass is 152 g/mol. The van der Waals surface area contributed by atoms with Gasteiger partial charge < -0.3 is 5.11 Å². The minimum Gasteiger partial charge on any atom is -0.381 e. The molecule has 0 aliphatic rings. The zero-order valence-corrected chi connectivity index (χ0v) is 6.33. The summed E-state index contributed by atoms with van der Waals surface area (Å²) in [6, 6.07) is 3.93. The molecule has 0 radical (unpaired) electrons. The molecule has 1 rings (SSSR count). The fraction of sp³-hybridized carbons (Fsp3) is 0.375. The molecule has 0 saturated carbocycles. The average Bonchev–Trinajstić information content (AvgIpc) is 2.07. The van der Waals surface area contributed by atoms with Gasteiger partial charge in [-0.2, -0.15) is 0 Å². The molecule has 0 aliphatic heterocycles. The van der Waals surface area contributed by atoms with Crippen molar-refractivity contribution in [3.63, 3.8) is 0 Å². The van der Waals surface area contributed by atoms with Crippen molar-refractivity contribution in [2.75, 3.05) is 13.3 Å². The first-order valence-electron chi connectivity index (χ1n) is 3.64. The lowest BCUT2D eigenvalue weighted by atomic mass is 10.2. The van der Waals surface area contributed by atoms with Gasteiger partial charge in [0.1, 0.15) is 0 Å². The standard InChI is InChI=1S/C8H12N2O/c11-7-10-5-3-8-2-1-4-9-6-8/h1-2,4,6,10-11H,3,5,7H2. The summed E-state index contributed by atoms with van der Waals surface area (Å²) in [5.74, 6) is 0. The van der Waals surface area contributed by atoms with E-state index in [1.807, 2.05) is 18.3 Å². The second-order valence-corrected chi connectivity index (χ2v) is 2.27. The molecular formula is C8H12N2O. The van der Waals surface area contributed by atoms with Gasteiger partial charge >= 0.3 is 0 Å². The van der Waals surface area contributed by atoms with E-state index in [9.17, 15) is 0 Å². The van der Waals surface area contributed by atoms with Gasteiger partial charge in [0.2, 0.25) is 0 Å². The maximum Gasteiger partial charge on any atom is 0.0931 e. The van der Waals surface area contributed by atoms with Gasteiger partial charge in [0, 0.05) is 18.9 Å². The summed E-state index contributed by atoms with van der Waals surface area (Å²) in [7, 11) is 0. The van der Waals surface area contributed by atoms with Crippen molar-refractivity contribution in [1.82, 2.24) is 10.3 Å². The molecule has 0 bridgehead atoms. The van der Waals surface area contributed by atoms with E-state index in [-0.39, 0.29) is 6.73 Å². The zero-order valence-electron chi connectivity index (χ0n) is 6.33. The molecule has 0 atom stereocenters. The van der Waals surface area contributed by atoms with E-state index in [4.69, 9.17) is 5.11 Å². The Morgan fingerprint density at radius 2 is 2.45 bits per heavy atom. The number of pyridine rings is 1. The van der Waals surface area contributed by atoms with Gasteiger partial charge in [-0.25, -0.2) is 0 Å². The molecule has 0 unspecified atom stereocenters. The lowest BCUT2D eigenvalue weighted by molar-refractivity contribution is 0.262. The van der Waals surface area contributed by atoms with E-state index in [1.54, 1.807) is 6.20 Å². The molecule has 1 aromatic heterocycles. The second-order valence-electron chi connectivity index (χ2n) is 2.27. The van der Waals surface area contributed by atoms with E-state index < -0.39 is 0 Å². The highest BCUT2D eigenvalue weighted by Gasteiger charge is 1.89. The average molecular weight is 152 g/mol. The largest absolute Gasteiger partial charge is 0.381 e. The fourth-order valence-electron chi connectivity index (χ4n) is 0.858. The molecule has 0 amide bonds. The highest BCUT2D eigenvalue weighted by atomic mass is 16.3. The molecule has 3 heteroatoms. The molecule has 0 fully saturated rings. The van der Waals surface area contributed by atoms with Crippen molar-refractivity contribution in [2.45, 2.75) is 6.42 Å². The summed E-state index contributed by atoms with van der Waals surface area (Å²) in [6.07, 6.45) is 4.50. The predicted molar refractivity (Wildman–Crippen MR) is 43.0 cm³/mol. The third kappa shape index (κ3) is 3.11. The lowest BCUT2D eigenvalue weighted by Crippen LogP contribution is -2.17. The van der Waals surface area contributed by atoms with Crippen LogP contribution in [-0.4, -0.2) is 23.4 Å². The van der Waals surface area contributed by atoms with Crippen LogP contribution in [-0.2, 0) is 6.42 Å². The summed E-state index contributed by atoms with van der Waals surface area (Å²) in [4.78, 5) is 3.97. The summed E-state index contributed by atoms with van der Waals surface area (Å²) in [5, 5.41) is 11.2. The Morgan fingerprint density at radius 1 is 1.55 bits per heavy atom. The van der Waals surface area contributed by atoms with Gasteiger partial charge in [0.25, 0.3) is 0 Å². The first-order chi connectivity index (χ1) is 5.43. The number of aliphatic hydroxyl groups is 1. The first-order valence-corrected chi connectivity index (χ1v) is 3.64. The molecule has 60 valence electrons. The van der Waals surface area contributed by atoms with E-state index in [0.29, 0.717) is 0 Å². The number of hydrogen-bond donors (Lipinski definition) is 2. The number of aromatic nitrogens is 1. The molecule has 0 aromatic carbocycles. The molecule has 3 nitrogen and oxygen atoms in total. The van der Waals surface area contributed by atoms with Crippen LogP contribution in [0.1, 0.15) is 5.56 Å². The first kappa shape index (κ1) is 8.17. The van der Waals surface area contributed by atoms with Crippen LogP contribution in [0.15, 0.2) is 24.5 Å². The molecule has 0 spiro atoms. The molecule has 1 aromatic rings. The van der Waals surface area contributed by atoms with Crippen LogP contribution < -0.4 is 5.32 Å². The van der Waals surface area contributed by atoms with Gasteiger partial charge in [0.05, 0.1) is 6.73 Å². The van der Waals surface area contributed by atoms with E-state index in [1.165, 1.54) is 5.56 Å². The summed E-state index contributed by atoms with van der Waals surface area (Å²) in [6.45, 7) is 0.836. The number of aliphatic hydroxyl groups excluding tert-OH is 1. The maximum absolute atomic E-state index is 8.42. The topological polar surface area (TPSA) is 45.1 Å². The minimum absolute atomic E-state index is 0.0419. The summed E-state index contributed by atoms with van der Waals surface area (Å²) >= 11 is 0. The van der Waals surface area contributed by atoms with Crippen molar-refractivity contribution in [3.05, 3.63) is 30.1 Å². The number of nitrogens with zero attached hydrogens (tertiary/aromatic N) is 1. The number of hydrogen-bond acceptors (Lipinski definition) is 3. The SMILES string of the molecule is OCNCCc1cccnc1. The van der Waals surface area contributed by atoms with Crippen LogP contribution in [0.25, 0.3) is 0 Å². The van der Waals surface area contributed by atoms with Gasteiger partial charge in [-0.1, -0.05) is 6.07 Å². The quantitative estimate of drug-likeness (QED) is 0.477. The molecule has 0 saturated heterocycles. The van der Waals surface area contributed by atoms with E-state index >= 15 is 0 Å². The van der Waals surface area contributed by atoms with Crippen molar-refractivity contribution in [1.29, 1.82) is 0 Å². The Bertz CT molecular complexity index is 189. The Balaban J connectivity index is 2.28. The van der Waals surface area contributed by atoms with Crippen LogP contribution in [0, 0.1) is 0 Å². The van der Waals surface area contributed by atoms with Crippen LogP contribution >= 0.6 is 0 Å². The van der Waals surface area contributed by atoms with Crippen molar-refractivity contribution >= 4 is 0 Å². The van der Waals surface area contributed by atoms with E-state index in [0.717, 1.165) is 13.0 Å². The Morgan fingerprint density at radius 3 is 3.09 bits per heavy atom. The molecule has 1 heterocycles. The van der Waals surface area contributed by atoms with Crippen molar-refractivity contribution in [2.24, 2.45) is 0 Å². The smallest absolute Gasteiger partial charge is 0.0931 e. The highest BCUT2D eigenvalue weighted by Crippen LogP contribution is 1.94. The molecule has 11 heavy (non-hydrogen) atoms. The van der Waals surface area contributed by atoms with Crippen LogP contribution in [0.2, 0.25) is 0 Å². The summed E-state index contributed by atoms with van der Waals surface area (Å²) < 4.78 is 0.